The minimum Gasteiger partial charge on any atom is -0.479 e. The molecule has 0 saturated carbocycles. The molecule has 1 unspecified atom stereocenters. The summed E-state index contributed by atoms with van der Waals surface area (Å²) < 4.78 is 10.3. The van der Waals surface area contributed by atoms with Crippen molar-refractivity contribution < 1.29 is 19.5 Å². The molecule has 2 N–H and O–H groups in total. The quantitative estimate of drug-likeness (QED) is 0.297. The standard InChI is InChI=1S/C25H22N2O.C8H8BNO3/c1-18-4-2-3-5-23(18)25-15-14-24(27-25)21-8-6-19(7-9-21)20-10-12-22(13-11-20)28-17-16-26;10-5-6-13-8-3-1-7(2-4-8)9(11)12/h2-13,24H,14-15,17H2,1H3;1-4,11-12H,6H2. The van der Waals surface area contributed by atoms with Crippen molar-refractivity contribution in [2.75, 3.05) is 13.2 Å². The van der Waals surface area contributed by atoms with E-state index >= 15 is 0 Å². The van der Waals surface area contributed by atoms with E-state index in [-0.39, 0.29) is 19.3 Å². The van der Waals surface area contributed by atoms with Crippen LogP contribution in [0.1, 0.15) is 35.6 Å². The zero-order chi connectivity index (χ0) is 29.0. The van der Waals surface area contributed by atoms with E-state index in [1.54, 1.807) is 12.1 Å². The first-order valence-corrected chi connectivity index (χ1v) is 13.3. The van der Waals surface area contributed by atoms with E-state index in [1.165, 1.54) is 34.5 Å². The van der Waals surface area contributed by atoms with Crippen molar-refractivity contribution in [3.63, 3.8) is 0 Å². The molecule has 0 saturated heterocycles. The topological polar surface area (TPSA) is 119 Å². The predicted octanol–water partition coefficient (Wildman–Crippen LogP) is 5.16. The number of ether oxygens (including phenoxy) is 2. The fourth-order valence-corrected chi connectivity index (χ4v) is 4.54. The van der Waals surface area contributed by atoms with Crippen LogP contribution in [0.3, 0.4) is 0 Å². The second-order valence-electron chi connectivity index (χ2n) is 9.43. The van der Waals surface area contributed by atoms with Gasteiger partial charge in [-0.05, 0) is 77.3 Å². The van der Waals surface area contributed by atoms with Crippen LogP contribution in [0.4, 0.5) is 0 Å². The molecule has 4 aromatic rings. The van der Waals surface area contributed by atoms with Crippen molar-refractivity contribution >= 4 is 18.3 Å². The molecule has 0 aliphatic carbocycles. The van der Waals surface area contributed by atoms with Crippen molar-refractivity contribution in [3.05, 3.63) is 114 Å². The van der Waals surface area contributed by atoms with Gasteiger partial charge in [-0.1, -0.05) is 72.8 Å². The third-order valence-corrected chi connectivity index (χ3v) is 6.69. The summed E-state index contributed by atoms with van der Waals surface area (Å²) in [5.74, 6) is 1.25. The molecule has 0 aromatic heterocycles. The lowest BCUT2D eigenvalue weighted by Crippen LogP contribution is -2.29. The van der Waals surface area contributed by atoms with E-state index in [0.29, 0.717) is 17.0 Å². The summed E-state index contributed by atoms with van der Waals surface area (Å²) in [5, 5.41) is 34.3. The van der Waals surface area contributed by atoms with Gasteiger partial charge in [0.1, 0.15) is 23.6 Å². The van der Waals surface area contributed by atoms with Crippen molar-refractivity contribution in [3.8, 4) is 34.8 Å². The first-order chi connectivity index (χ1) is 20.0. The molecule has 41 heavy (non-hydrogen) atoms. The first kappa shape index (κ1) is 29.1. The molecular weight excluding hydrogens is 513 g/mol. The predicted molar refractivity (Wildman–Crippen MR) is 160 cm³/mol. The maximum atomic E-state index is 8.75. The van der Waals surface area contributed by atoms with Crippen LogP contribution < -0.4 is 14.9 Å². The van der Waals surface area contributed by atoms with Gasteiger partial charge in [0, 0.05) is 5.71 Å². The molecule has 1 aliphatic rings. The summed E-state index contributed by atoms with van der Waals surface area (Å²) >= 11 is 0. The summed E-state index contributed by atoms with van der Waals surface area (Å²) in [4.78, 5) is 5.01. The Balaban J connectivity index is 0.000000251. The molecule has 204 valence electrons. The SMILES string of the molecule is Cc1ccccc1C1=NC(c2ccc(-c3ccc(OCC#N)cc3)cc2)CC1.N#CCOc1ccc(B(O)O)cc1. The molecule has 0 bridgehead atoms. The van der Waals surface area contributed by atoms with E-state index in [9.17, 15) is 0 Å². The summed E-state index contributed by atoms with van der Waals surface area (Å²) in [6.07, 6.45) is 2.09. The Kier molecular flexibility index (Phi) is 10.3. The highest BCUT2D eigenvalue weighted by atomic mass is 16.5. The van der Waals surface area contributed by atoms with Crippen LogP contribution in [0.15, 0.2) is 102 Å². The number of aryl methyl sites for hydroxylation is 1. The molecule has 5 rings (SSSR count). The number of rotatable bonds is 8. The minimum atomic E-state index is -1.47. The lowest BCUT2D eigenvalue weighted by Gasteiger charge is -2.09. The molecule has 0 radical (unpaired) electrons. The molecule has 1 atom stereocenters. The average Bonchev–Trinajstić information content (AvgIpc) is 3.50. The van der Waals surface area contributed by atoms with Crippen LogP contribution in [-0.4, -0.2) is 36.1 Å². The van der Waals surface area contributed by atoms with Gasteiger partial charge < -0.3 is 19.5 Å². The van der Waals surface area contributed by atoms with Gasteiger partial charge in [-0.25, -0.2) is 0 Å². The number of nitrogens with zero attached hydrogens (tertiary/aromatic N) is 3. The summed E-state index contributed by atoms with van der Waals surface area (Å²) in [5.41, 5.74) is 7.74. The van der Waals surface area contributed by atoms with Crippen LogP contribution in [0.2, 0.25) is 0 Å². The smallest absolute Gasteiger partial charge is 0.479 e. The second kappa shape index (κ2) is 14.5. The molecule has 0 spiro atoms. The lowest BCUT2D eigenvalue weighted by atomic mass is 9.80. The fourth-order valence-electron chi connectivity index (χ4n) is 4.54. The number of hydrogen-bond acceptors (Lipinski definition) is 7. The van der Waals surface area contributed by atoms with Gasteiger partial charge in [0.25, 0.3) is 0 Å². The highest BCUT2D eigenvalue weighted by molar-refractivity contribution is 6.58. The van der Waals surface area contributed by atoms with Crippen molar-refractivity contribution in [1.29, 1.82) is 10.5 Å². The van der Waals surface area contributed by atoms with E-state index in [4.69, 9.17) is 35.0 Å². The van der Waals surface area contributed by atoms with Crippen LogP contribution in [0.5, 0.6) is 11.5 Å². The molecule has 8 heteroatoms. The van der Waals surface area contributed by atoms with Gasteiger partial charge in [0.15, 0.2) is 13.2 Å². The monoisotopic (exact) mass is 543 g/mol. The molecular formula is C33H30BN3O4. The van der Waals surface area contributed by atoms with Gasteiger partial charge in [0.05, 0.1) is 6.04 Å². The summed E-state index contributed by atoms with van der Waals surface area (Å²) in [6.45, 7) is 2.21. The average molecular weight is 543 g/mol. The maximum absolute atomic E-state index is 8.75. The van der Waals surface area contributed by atoms with Crippen molar-refractivity contribution in [1.82, 2.24) is 0 Å². The van der Waals surface area contributed by atoms with Crippen molar-refractivity contribution in [2.24, 2.45) is 4.99 Å². The Morgan fingerprint density at radius 2 is 1.32 bits per heavy atom. The summed E-state index contributed by atoms with van der Waals surface area (Å²) in [6, 6.07) is 35.3. The molecule has 0 fully saturated rings. The van der Waals surface area contributed by atoms with Crippen LogP contribution in [0, 0.1) is 29.6 Å². The molecule has 0 amide bonds. The Morgan fingerprint density at radius 3 is 1.85 bits per heavy atom. The Bertz CT molecular complexity index is 1540. The van der Waals surface area contributed by atoms with E-state index in [1.807, 2.05) is 36.4 Å². The highest BCUT2D eigenvalue weighted by Gasteiger charge is 2.21. The van der Waals surface area contributed by atoms with Gasteiger partial charge in [-0.15, -0.1) is 0 Å². The van der Waals surface area contributed by atoms with Gasteiger partial charge in [0.2, 0.25) is 0 Å². The van der Waals surface area contributed by atoms with E-state index < -0.39 is 7.12 Å². The highest BCUT2D eigenvalue weighted by Crippen LogP contribution is 2.33. The first-order valence-electron chi connectivity index (χ1n) is 13.3. The van der Waals surface area contributed by atoms with Gasteiger partial charge >= 0.3 is 7.12 Å². The van der Waals surface area contributed by atoms with Gasteiger partial charge in [-0.2, -0.15) is 10.5 Å². The largest absolute Gasteiger partial charge is 0.488 e. The Labute approximate surface area is 240 Å². The second-order valence-corrected chi connectivity index (χ2v) is 9.43. The van der Waals surface area contributed by atoms with Crippen LogP contribution in [0.25, 0.3) is 11.1 Å². The summed E-state index contributed by atoms with van der Waals surface area (Å²) in [7, 11) is -1.47. The Morgan fingerprint density at radius 1 is 0.780 bits per heavy atom. The van der Waals surface area contributed by atoms with E-state index in [0.717, 1.165) is 24.0 Å². The maximum Gasteiger partial charge on any atom is 0.488 e. The van der Waals surface area contributed by atoms with Gasteiger partial charge in [-0.3, -0.25) is 4.99 Å². The molecule has 1 aliphatic heterocycles. The zero-order valence-corrected chi connectivity index (χ0v) is 22.8. The zero-order valence-electron chi connectivity index (χ0n) is 22.8. The molecule has 1 heterocycles. The number of hydrogen-bond donors (Lipinski definition) is 2. The Hall–Kier alpha value is -4.89. The lowest BCUT2D eigenvalue weighted by molar-refractivity contribution is 0.368. The van der Waals surface area contributed by atoms with Crippen molar-refractivity contribution in [2.45, 2.75) is 25.8 Å². The number of aliphatic imine (C=N–C) groups is 1. The number of benzene rings is 4. The van der Waals surface area contributed by atoms with Crippen LogP contribution >= 0.6 is 0 Å². The minimum absolute atomic E-state index is 0.0129. The van der Waals surface area contributed by atoms with Crippen LogP contribution in [-0.2, 0) is 0 Å². The molecule has 7 nitrogen and oxygen atoms in total. The third kappa shape index (κ3) is 8.06. The molecule has 4 aromatic carbocycles. The van der Waals surface area contributed by atoms with E-state index in [2.05, 4.69) is 55.5 Å². The number of nitriles is 2. The normalized spacial score (nSPS) is 13.6. The fraction of sp³-hybridized carbons (Fsp3) is 0.182. The third-order valence-electron chi connectivity index (χ3n) is 6.69.